The summed E-state index contributed by atoms with van der Waals surface area (Å²) in [7, 11) is 0. The van der Waals surface area contributed by atoms with Crippen LogP contribution in [0.3, 0.4) is 0 Å². The van der Waals surface area contributed by atoms with Gasteiger partial charge in [0.2, 0.25) is 0 Å². The molecule has 0 aliphatic heterocycles. The third-order valence-corrected chi connectivity index (χ3v) is 4.62. The van der Waals surface area contributed by atoms with Crippen LogP contribution in [0.15, 0.2) is 72.8 Å². The first-order valence-electron chi connectivity index (χ1n) is 7.84. The van der Waals surface area contributed by atoms with Gasteiger partial charge in [0.05, 0.1) is 6.61 Å². The number of hydrogen-bond acceptors (Lipinski definition) is 3. The number of aromatic hydroxyl groups is 2. The minimum absolute atomic E-state index is 0.0536. The molecule has 0 radical (unpaired) electrons. The van der Waals surface area contributed by atoms with E-state index in [9.17, 15) is 15.3 Å². The Morgan fingerprint density at radius 2 is 1.17 bits per heavy atom. The molecule has 122 valence electrons. The molecule has 0 unspecified atom stereocenters. The van der Waals surface area contributed by atoms with Crippen molar-refractivity contribution in [3.8, 4) is 11.5 Å². The molecule has 0 aromatic heterocycles. The second-order valence-electron chi connectivity index (χ2n) is 6.03. The van der Waals surface area contributed by atoms with Gasteiger partial charge in [-0.05, 0) is 53.4 Å². The van der Waals surface area contributed by atoms with Gasteiger partial charge in [-0.3, -0.25) is 0 Å². The topological polar surface area (TPSA) is 60.7 Å². The molecular formula is C21H20O3. The quantitative estimate of drug-likeness (QED) is 0.638. The predicted molar refractivity (Wildman–Crippen MR) is 94.1 cm³/mol. The van der Waals surface area contributed by atoms with Crippen LogP contribution >= 0.6 is 0 Å². The van der Waals surface area contributed by atoms with Gasteiger partial charge in [-0.2, -0.15) is 0 Å². The molecule has 3 rings (SSSR count). The first kappa shape index (κ1) is 16.1. The standard InChI is InChI=1S/C21H20O3/c1-21(16-6-10-18(23)11-7-16,17-8-12-19(24)13-9-17)20-5-3-2-4-15(20)14-22/h2-13,22-24H,14H2,1H3. The summed E-state index contributed by atoms with van der Waals surface area (Å²) in [5.41, 5.74) is 3.30. The number of aliphatic hydroxyl groups is 1. The molecule has 3 N–H and O–H groups in total. The van der Waals surface area contributed by atoms with E-state index >= 15 is 0 Å². The van der Waals surface area contributed by atoms with E-state index in [-0.39, 0.29) is 18.1 Å². The molecular weight excluding hydrogens is 300 g/mol. The van der Waals surface area contributed by atoms with Gasteiger partial charge in [0.25, 0.3) is 0 Å². The first-order valence-corrected chi connectivity index (χ1v) is 7.84. The first-order chi connectivity index (χ1) is 11.6. The maximum absolute atomic E-state index is 9.78. The summed E-state index contributed by atoms with van der Waals surface area (Å²) in [6.07, 6.45) is 0. The summed E-state index contributed by atoms with van der Waals surface area (Å²) in [6, 6.07) is 22.0. The van der Waals surface area contributed by atoms with Gasteiger partial charge in [0.15, 0.2) is 0 Å². The van der Waals surface area contributed by atoms with Crippen molar-refractivity contribution in [3.05, 3.63) is 95.1 Å². The number of rotatable bonds is 4. The maximum Gasteiger partial charge on any atom is 0.115 e. The van der Waals surface area contributed by atoms with E-state index in [1.54, 1.807) is 24.3 Å². The van der Waals surface area contributed by atoms with Crippen LogP contribution in [0.4, 0.5) is 0 Å². The molecule has 3 aromatic rings. The van der Waals surface area contributed by atoms with Crippen LogP contribution in [0.1, 0.15) is 29.2 Å². The Balaban J connectivity index is 2.28. The highest BCUT2D eigenvalue weighted by molar-refractivity contribution is 5.53. The smallest absolute Gasteiger partial charge is 0.115 e. The third kappa shape index (κ3) is 2.74. The monoisotopic (exact) mass is 320 g/mol. The molecule has 0 fully saturated rings. The highest BCUT2D eigenvalue weighted by Crippen LogP contribution is 2.41. The molecule has 0 amide bonds. The van der Waals surface area contributed by atoms with Gasteiger partial charge >= 0.3 is 0 Å². The highest BCUT2D eigenvalue weighted by Gasteiger charge is 2.32. The lowest BCUT2D eigenvalue weighted by molar-refractivity contribution is 0.279. The van der Waals surface area contributed by atoms with Gasteiger partial charge in [0.1, 0.15) is 11.5 Å². The van der Waals surface area contributed by atoms with Crippen LogP contribution < -0.4 is 0 Å². The number of hydrogen-bond donors (Lipinski definition) is 3. The largest absolute Gasteiger partial charge is 0.508 e. The Labute approximate surface area is 141 Å². The number of aliphatic hydroxyl groups excluding tert-OH is 1. The van der Waals surface area contributed by atoms with Crippen molar-refractivity contribution in [1.82, 2.24) is 0 Å². The van der Waals surface area contributed by atoms with Crippen LogP contribution in [-0.4, -0.2) is 15.3 Å². The zero-order chi connectivity index (χ0) is 17.2. The predicted octanol–water partition coefficient (Wildman–Crippen LogP) is 3.94. The van der Waals surface area contributed by atoms with Crippen LogP contribution in [0.25, 0.3) is 0 Å². The Morgan fingerprint density at radius 1 is 0.708 bits per heavy atom. The molecule has 0 spiro atoms. The minimum Gasteiger partial charge on any atom is -0.508 e. The molecule has 0 bridgehead atoms. The second kappa shape index (κ2) is 6.38. The fraction of sp³-hybridized carbons (Fsp3) is 0.143. The minimum atomic E-state index is -0.527. The molecule has 3 aromatic carbocycles. The van der Waals surface area contributed by atoms with Crippen molar-refractivity contribution >= 4 is 0 Å². The van der Waals surface area contributed by atoms with Crippen LogP contribution in [-0.2, 0) is 12.0 Å². The molecule has 0 atom stereocenters. The normalized spacial score (nSPS) is 11.4. The van der Waals surface area contributed by atoms with E-state index in [2.05, 4.69) is 6.92 Å². The SMILES string of the molecule is CC(c1ccc(O)cc1)(c1ccc(O)cc1)c1ccccc1CO. The molecule has 0 saturated carbocycles. The zero-order valence-corrected chi connectivity index (χ0v) is 13.5. The summed E-state index contributed by atoms with van der Waals surface area (Å²) >= 11 is 0. The van der Waals surface area contributed by atoms with Crippen molar-refractivity contribution < 1.29 is 15.3 Å². The summed E-state index contributed by atoms with van der Waals surface area (Å²) < 4.78 is 0. The average Bonchev–Trinajstić information content (AvgIpc) is 2.62. The van der Waals surface area contributed by atoms with Crippen molar-refractivity contribution in [2.75, 3.05) is 0 Å². The summed E-state index contributed by atoms with van der Waals surface area (Å²) in [5, 5.41) is 29.0. The van der Waals surface area contributed by atoms with Gasteiger partial charge in [-0.15, -0.1) is 0 Å². The third-order valence-electron chi connectivity index (χ3n) is 4.62. The van der Waals surface area contributed by atoms with Crippen molar-refractivity contribution in [2.24, 2.45) is 0 Å². The summed E-state index contributed by atoms with van der Waals surface area (Å²) in [6.45, 7) is 2.03. The zero-order valence-electron chi connectivity index (χ0n) is 13.5. The maximum atomic E-state index is 9.78. The van der Waals surface area contributed by atoms with E-state index in [1.807, 2.05) is 48.5 Å². The Bertz CT molecular complexity index is 775. The van der Waals surface area contributed by atoms with Crippen molar-refractivity contribution in [1.29, 1.82) is 0 Å². The molecule has 0 heterocycles. The lowest BCUT2D eigenvalue weighted by Gasteiger charge is -2.33. The Morgan fingerprint density at radius 3 is 1.62 bits per heavy atom. The number of phenolic OH excluding ortho intramolecular Hbond substituents is 2. The van der Waals surface area contributed by atoms with Crippen LogP contribution in [0, 0.1) is 0 Å². The average molecular weight is 320 g/mol. The van der Waals surface area contributed by atoms with E-state index in [0.717, 1.165) is 22.3 Å². The van der Waals surface area contributed by atoms with Gasteiger partial charge < -0.3 is 15.3 Å². The van der Waals surface area contributed by atoms with Crippen molar-refractivity contribution in [3.63, 3.8) is 0 Å². The Hall–Kier alpha value is -2.78. The van der Waals surface area contributed by atoms with Crippen LogP contribution in [0.5, 0.6) is 11.5 Å². The molecule has 24 heavy (non-hydrogen) atoms. The molecule has 3 heteroatoms. The number of phenols is 2. The summed E-state index contributed by atoms with van der Waals surface area (Å²) in [4.78, 5) is 0. The lowest BCUT2D eigenvalue weighted by Crippen LogP contribution is -2.26. The Kier molecular flexibility index (Phi) is 4.28. The van der Waals surface area contributed by atoms with Gasteiger partial charge in [0, 0.05) is 5.41 Å². The lowest BCUT2D eigenvalue weighted by atomic mass is 9.69. The molecule has 0 aliphatic rings. The fourth-order valence-corrected chi connectivity index (χ4v) is 3.21. The van der Waals surface area contributed by atoms with Crippen molar-refractivity contribution in [2.45, 2.75) is 18.9 Å². The number of benzene rings is 3. The van der Waals surface area contributed by atoms with E-state index in [0.29, 0.717) is 0 Å². The van der Waals surface area contributed by atoms with Crippen LogP contribution in [0.2, 0.25) is 0 Å². The van der Waals surface area contributed by atoms with E-state index in [1.165, 1.54) is 0 Å². The molecule has 0 saturated heterocycles. The second-order valence-corrected chi connectivity index (χ2v) is 6.03. The van der Waals surface area contributed by atoms with E-state index in [4.69, 9.17) is 0 Å². The summed E-state index contributed by atoms with van der Waals surface area (Å²) in [5.74, 6) is 0.421. The highest BCUT2D eigenvalue weighted by atomic mass is 16.3. The fourth-order valence-electron chi connectivity index (χ4n) is 3.21. The van der Waals surface area contributed by atoms with Gasteiger partial charge in [-0.1, -0.05) is 48.5 Å². The molecule has 0 aliphatic carbocycles. The molecule has 3 nitrogen and oxygen atoms in total. The van der Waals surface area contributed by atoms with E-state index < -0.39 is 5.41 Å². The van der Waals surface area contributed by atoms with Gasteiger partial charge in [-0.25, -0.2) is 0 Å².